The van der Waals surface area contributed by atoms with Crippen molar-refractivity contribution in [2.24, 2.45) is 0 Å². The van der Waals surface area contributed by atoms with Crippen LogP contribution >= 0.6 is 0 Å². The van der Waals surface area contributed by atoms with Gasteiger partial charge in [-0.3, -0.25) is 0 Å². The van der Waals surface area contributed by atoms with E-state index in [2.05, 4.69) is 10.1 Å². The summed E-state index contributed by atoms with van der Waals surface area (Å²) in [5.41, 5.74) is 2.59. The molecule has 0 aliphatic carbocycles. The van der Waals surface area contributed by atoms with Gasteiger partial charge in [-0.15, -0.1) is 0 Å². The molecule has 0 bridgehead atoms. The summed E-state index contributed by atoms with van der Waals surface area (Å²) >= 11 is 0. The molecule has 2 aromatic heterocycles. The molecule has 2 rings (SSSR count). The molecule has 0 aliphatic rings. The zero-order chi connectivity index (χ0) is 8.72. The van der Waals surface area contributed by atoms with Crippen molar-refractivity contribution in [3.05, 3.63) is 29.5 Å². The van der Waals surface area contributed by atoms with Crippen molar-refractivity contribution in [1.82, 2.24) is 14.6 Å². The van der Waals surface area contributed by atoms with Gasteiger partial charge in [0.15, 0.2) is 11.5 Å². The second-order valence-corrected chi connectivity index (χ2v) is 2.75. The molecule has 0 fully saturated rings. The monoisotopic (exact) mass is 165 g/mol. The van der Waals surface area contributed by atoms with Crippen molar-refractivity contribution in [2.45, 2.75) is 13.8 Å². The Balaban J connectivity index is 2.87. The Morgan fingerprint density at radius 1 is 1.42 bits per heavy atom. The molecule has 0 unspecified atom stereocenters. The van der Waals surface area contributed by atoms with Crippen molar-refractivity contribution in [1.29, 1.82) is 0 Å². The number of hydrogen-bond acceptors (Lipinski definition) is 2. The standard InChI is InChI=1S/C8H8FN3/c1-5-6(2)11-12-4-7(9)3-10-8(5)12/h3-4H,1-2H3. The van der Waals surface area contributed by atoms with Crippen LogP contribution in [0.5, 0.6) is 0 Å². The number of fused-ring (bicyclic) bond motifs is 1. The first-order valence-corrected chi connectivity index (χ1v) is 3.65. The lowest BCUT2D eigenvalue weighted by atomic mass is 10.3. The van der Waals surface area contributed by atoms with Gasteiger partial charge < -0.3 is 0 Å². The van der Waals surface area contributed by atoms with Gasteiger partial charge in [0.25, 0.3) is 0 Å². The van der Waals surface area contributed by atoms with E-state index >= 15 is 0 Å². The third-order valence-electron chi connectivity index (χ3n) is 1.91. The van der Waals surface area contributed by atoms with Gasteiger partial charge in [-0.1, -0.05) is 0 Å². The normalized spacial score (nSPS) is 10.9. The second kappa shape index (κ2) is 2.27. The average Bonchev–Trinajstić information content (AvgIpc) is 2.28. The maximum Gasteiger partial charge on any atom is 0.159 e. The van der Waals surface area contributed by atoms with Gasteiger partial charge in [-0.25, -0.2) is 13.9 Å². The highest BCUT2D eigenvalue weighted by molar-refractivity contribution is 5.48. The average molecular weight is 165 g/mol. The maximum atomic E-state index is 12.7. The van der Waals surface area contributed by atoms with E-state index in [4.69, 9.17) is 0 Å². The summed E-state index contributed by atoms with van der Waals surface area (Å²) in [6.45, 7) is 3.80. The summed E-state index contributed by atoms with van der Waals surface area (Å²) in [6.07, 6.45) is 2.52. The van der Waals surface area contributed by atoms with E-state index < -0.39 is 0 Å². The first-order valence-electron chi connectivity index (χ1n) is 3.65. The maximum absolute atomic E-state index is 12.7. The van der Waals surface area contributed by atoms with E-state index in [1.165, 1.54) is 16.9 Å². The van der Waals surface area contributed by atoms with Gasteiger partial charge in [0.05, 0.1) is 18.1 Å². The molecule has 0 amide bonds. The predicted octanol–water partition coefficient (Wildman–Crippen LogP) is 1.49. The number of rotatable bonds is 0. The highest BCUT2D eigenvalue weighted by atomic mass is 19.1. The Morgan fingerprint density at radius 3 is 2.92 bits per heavy atom. The van der Waals surface area contributed by atoms with Gasteiger partial charge in [-0.05, 0) is 13.8 Å². The fourth-order valence-electron chi connectivity index (χ4n) is 1.14. The van der Waals surface area contributed by atoms with Gasteiger partial charge in [0, 0.05) is 5.56 Å². The number of aryl methyl sites for hydroxylation is 2. The Labute approximate surface area is 68.9 Å². The van der Waals surface area contributed by atoms with Gasteiger partial charge in [0.2, 0.25) is 0 Å². The smallest absolute Gasteiger partial charge is 0.159 e. The molecular weight excluding hydrogens is 157 g/mol. The van der Waals surface area contributed by atoms with Crippen molar-refractivity contribution in [3.8, 4) is 0 Å². The van der Waals surface area contributed by atoms with Gasteiger partial charge >= 0.3 is 0 Å². The van der Waals surface area contributed by atoms with E-state index in [0.29, 0.717) is 5.65 Å². The molecule has 0 spiro atoms. The second-order valence-electron chi connectivity index (χ2n) is 2.75. The molecule has 0 radical (unpaired) electrons. The first kappa shape index (κ1) is 7.21. The topological polar surface area (TPSA) is 30.2 Å². The van der Waals surface area contributed by atoms with Crippen LogP contribution in [0.4, 0.5) is 4.39 Å². The summed E-state index contributed by atoms with van der Waals surface area (Å²) < 4.78 is 14.1. The fraction of sp³-hybridized carbons (Fsp3) is 0.250. The third-order valence-corrected chi connectivity index (χ3v) is 1.91. The minimum absolute atomic E-state index is 0.370. The summed E-state index contributed by atoms with van der Waals surface area (Å²) in [7, 11) is 0. The Kier molecular flexibility index (Phi) is 1.36. The third kappa shape index (κ3) is 0.879. The number of halogens is 1. The van der Waals surface area contributed by atoms with Crippen molar-refractivity contribution >= 4 is 5.65 Å². The van der Waals surface area contributed by atoms with Crippen LogP contribution in [-0.4, -0.2) is 14.6 Å². The van der Waals surface area contributed by atoms with Crippen LogP contribution in [0.25, 0.3) is 5.65 Å². The molecule has 3 nitrogen and oxygen atoms in total. The Hall–Kier alpha value is -1.45. The van der Waals surface area contributed by atoms with Crippen LogP contribution in [0, 0.1) is 19.7 Å². The van der Waals surface area contributed by atoms with Gasteiger partial charge in [0.1, 0.15) is 0 Å². The molecule has 62 valence electrons. The van der Waals surface area contributed by atoms with Crippen LogP contribution in [0.2, 0.25) is 0 Å². The predicted molar refractivity (Wildman–Crippen MR) is 42.4 cm³/mol. The van der Waals surface area contributed by atoms with E-state index in [1.807, 2.05) is 13.8 Å². The van der Waals surface area contributed by atoms with Crippen LogP contribution in [0.1, 0.15) is 11.3 Å². The molecule has 0 N–H and O–H groups in total. The molecule has 0 saturated heterocycles. The van der Waals surface area contributed by atoms with Crippen LogP contribution in [0.3, 0.4) is 0 Å². The highest BCUT2D eigenvalue weighted by Crippen LogP contribution is 2.10. The zero-order valence-electron chi connectivity index (χ0n) is 6.87. The highest BCUT2D eigenvalue weighted by Gasteiger charge is 2.05. The Bertz CT molecular complexity index is 433. The molecule has 4 heteroatoms. The summed E-state index contributed by atoms with van der Waals surface area (Å²) in [5, 5.41) is 4.09. The molecular formula is C8H8FN3. The van der Waals surface area contributed by atoms with E-state index in [0.717, 1.165) is 11.3 Å². The van der Waals surface area contributed by atoms with Crippen molar-refractivity contribution in [3.63, 3.8) is 0 Å². The lowest BCUT2D eigenvalue weighted by Crippen LogP contribution is -1.91. The molecule has 0 saturated carbocycles. The zero-order valence-corrected chi connectivity index (χ0v) is 6.87. The fourth-order valence-corrected chi connectivity index (χ4v) is 1.14. The Morgan fingerprint density at radius 2 is 2.17 bits per heavy atom. The molecule has 12 heavy (non-hydrogen) atoms. The SMILES string of the molecule is Cc1nn2cc(F)cnc2c1C. The van der Waals surface area contributed by atoms with E-state index in [1.54, 1.807) is 0 Å². The van der Waals surface area contributed by atoms with E-state index in [-0.39, 0.29) is 5.82 Å². The van der Waals surface area contributed by atoms with Crippen molar-refractivity contribution in [2.75, 3.05) is 0 Å². The minimum atomic E-state index is -0.370. The van der Waals surface area contributed by atoms with Crippen LogP contribution in [-0.2, 0) is 0 Å². The lowest BCUT2D eigenvalue weighted by molar-refractivity contribution is 0.606. The first-order chi connectivity index (χ1) is 5.68. The molecule has 2 aromatic rings. The number of nitrogens with zero attached hydrogens (tertiary/aromatic N) is 3. The van der Waals surface area contributed by atoms with Crippen LogP contribution in [0.15, 0.2) is 12.4 Å². The molecule has 0 aromatic carbocycles. The summed E-state index contributed by atoms with van der Waals surface area (Å²) in [6, 6.07) is 0. The quantitative estimate of drug-likeness (QED) is 0.592. The number of hydrogen-bond donors (Lipinski definition) is 0. The molecule has 0 aliphatic heterocycles. The largest absolute Gasteiger partial charge is 0.234 e. The summed E-state index contributed by atoms with van der Waals surface area (Å²) in [5.74, 6) is -0.370. The van der Waals surface area contributed by atoms with E-state index in [9.17, 15) is 4.39 Å². The lowest BCUT2D eigenvalue weighted by Gasteiger charge is -1.91. The van der Waals surface area contributed by atoms with Crippen LogP contribution < -0.4 is 0 Å². The minimum Gasteiger partial charge on any atom is -0.234 e. The number of aromatic nitrogens is 3. The summed E-state index contributed by atoms with van der Waals surface area (Å²) in [4.78, 5) is 3.93. The molecule has 0 atom stereocenters. The van der Waals surface area contributed by atoms with Gasteiger partial charge in [-0.2, -0.15) is 5.10 Å². The molecule has 2 heterocycles. The van der Waals surface area contributed by atoms with Crippen molar-refractivity contribution < 1.29 is 4.39 Å².